The summed E-state index contributed by atoms with van der Waals surface area (Å²) < 4.78 is 0. The Labute approximate surface area is 147 Å². The number of benzene rings is 2. The van der Waals surface area contributed by atoms with Crippen LogP contribution in [0.15, 0.2) is 48.5 Å². The number of rotatable bonds is 5. The van der Waals surface area contributed by atoms with Gasteiger partial charge >= 0.3 is 0 Å². The molecule has 1 fully saturated rings. The zero-order chi connectivity index (χ0) is 16.9. The third-order valence-corrected chi connectivity index (χ3v) is 5.52. The lowest BCUT2D eigenvalue weighted by atomic mass is 10.0. The van der Waals surface area contributed by atoms with Gasteiger partial charge in [0.15, 0.2) is 0 Å². The van der Waals surface area contributed by atoms with E-state index < -0.39 is 0 Å². The lowest BCUT2D eigenvalue weighted by Gasteiger charge is -2.37. The van der Waals surface area contributed by atoms with Crippen LogP contribution < -0.4 is 9.80 Å². The molecule has 2 aromatic rings. The Bertz CT molecular complexity index is 642. The van der Waals surface area contributed by atoms with Crippen LogP contribution >= 0.6 is 0 Å². The zero-order valence-electron chi connectivity index (χ0n) is 15.4. The van der Waals surface area contributed by atoms with E-state index in [9.17, 15) is 0 Å². The highest BCUT2D eigenvalue weighted by Crippen LogP contribution is 2.21. The van der Waals surface area contributed by atoms with Gasteiger partial charge in [-0.3, -0.25) is 0 Å². The molecule has 0 aromatic heterocycles. The largest absolute Gasteiger partial charge is 0.360 e. The molecule has 1 aliphatic heterocycles. The van der Waals surface area contributed by atoms with Gasteiger partial charge in [0.1, 0.15) is 0 Å². The van der Waals surface area contributed by atoms with Crippen molar-refractivity contribution in [2.24, 2.45) is 0 Å². The number of piperazine rings is 1. The van der Waals surface area contributed by atoms with Gasteiger partial charge in [-0.2, -0.15) is 0 Å². The van der Waals surface area contributed by atoms with Crippen molar-refractivity contribution >= 4 is 5.69 Å². The van der Waals surface area contributed by atoms with Gasteiger partial charge in [0, 0.05) is 12.1 Å². The molecule has 1 heterocycles. The fourth-order valence-corrected chi connectivity index (χ4v) is 3.82. The first-order valence-electron chi connectivity index (χ1n) is 9.34. The summed E-state index contributed by atoms with van der Waals surface area (Å²) in [7, 11) is 0. The molecule has 128 valence electrons. The van der Waals surface area contributed by atoms with E-state index in [4.69, 9.17) is 0 Å². The van der Waals surface area contributed by atoms with Crippen molar-refractivity contribution in [1.29, 1.82) is 0 Å². The van der Waals surface area contributed by atoms with E-state index in [-0.39, 0.29) is 0 Å². The first-order valence-corrected chi connectivity index (χ1v) is 9.34. The second kappa shape index (κ2) is 7.85. The monoisotopic (exact) mass is 323 g/mol. The summed E-state index contributed by atoms with van der Waals surface area (Å²) in [4.78, 5) is 4.35. The SMILES string of the molecule is Cc1ccc(C)c(N2CC[NH+]([C@@H](C)CCc3ccccc3)CC2)c1. The highest BCUT2D eigenvalue weighted by molar-refractivity contribution is 5.55. The molecular formula is C22H31N2+. The Morgan fingerprint density at radius 1 is 1.00 bits per heavy atom. The average molecular weight is 324 g/mol. The minimum atomic E-state index is 0.742. The zero-order valence-corrected chi connectivity index (χ0v) is 15.4. The maximum Gasteiger partial charge on any atom is 0.0951 e. The molecule has 2 heteroatoms. The van der Waals surface area contributed by atoms with Gasteiger partial charge in [-0.1, -0.05) is 42.5 Å². The highest BCUT2D eigenvalue weighted by atomic mass is 15.3. The number of hydrogen-bond donors (Lipinski definition) is 1. The molecule has 3 rings (SSSR count). The Morgan fingerprint density at radius 3 is 2.42 bits per heavy atom. The molecule has 0 aliphatic carbocycles. The van der Waals surface area contributed by atoms with Crippen molar-refractivity contribution in [1.82, 2.24) is 0 Å². The quantitative estimate of drug-likeness (QED) is 0.889. The van der Waals surface area contributed by atoms with Crippen LogP contribution in [0.2, 0.25) is 0 Å². The molecule has 0 spiro atoms. The van der Waals surface area contributed by atoms with Crippen LogP contribution in [-0.2, 0) is 6.42 Å². The fourth-order valence-electron chi connectivity index (χ4n) is 3.82. The van der Waals surface area contributed by atoms with E-state index in [2.05, 4.69) is 74.2 Å². The van der Waals surface area contributed by atoms with Crippen molar-refractivity contribution in [3.05, 3.63) is 65.2 Å². The van der Waals surface area contributed by atoms with Gasteiger partial charge in [0.05, 0.1) is 32.2 Å². The van der Waals surface area contributed by atoms with Crippen molar-refractivity contribution in [3.8, 4) is 0 Å². The number of nitrogens with zero attached hydrogens (tertiary/aromatic N) is 1. The minimum absolute atomic E-state index is 0.742. The van der Waals surface area contributed by atoms with E-state index in [0.717, 1.165) is 6.04 Å². The van der Waals surface area contributed by atoms with E-state index in [1.165, 1.54) is 61.4 Å². The standard InChI is InChI=1S/C22H30N2/c1-18-9-10-19(2)22(17-18)24-15-13-23(14-16-24)20(3)11-12-21-7-5-4-6-8-21/h4-10,17,20H,11-16H2,1-3H3/p+1/t20-/m0/s1. The molecule has 2 nitrogen and oxygen atoms in total. The van der Waals surface area contributed by atoms with E-state index in [1.807, 2.05) is 0 Å². The van der Waals surface area contributed by atoms with E-state index >= 15 is 0 Å². The second-order valence-electron chi connectivity index (χ2n) is 7.36. The normalized spacial score (nSPS) is 17.0. The van der Waals surface area contributed by atoms with Crippen LogP contribution in [0.3, 0.4) is 0 Å². The molecule has 0 bridgehead atoms. The number of aryl methyl sites for hydroxylation is 3. The van der Waals surface area contributed by atoms with Gasteiger partial charge in [0.25, 0.3) is 0 Å². The Balaban J connectivity index is 1.52. The summed E-state index contributed by atoms with van der Waals surface area (Å²) in [5, 5.41) is 0. The van der Waals surface area contributed by atoms with Crippen LogP contribution in [0.4, 0.5) is 5.69 Å². The fraction of sp³-hybridized carbons (Fsp3) is 0.455. The Morgan fingerprint density at radius 2 is 1.71 bits per heavy atom. The van der Waals surface area contributed by atoms with Gasteiger partial charge in [-0.15, -0.1) is 0 Å². The lowest BCUT2D eigenvalue weighted by molar-refractivity contribution is -0.924. The van der Waals surface area contributed by atoms with Crippen LogP contribution in [0.25, 0.3) is 0 Å². The predicted molar refractivity (Wildman–Crippen MR) is 103 cm³/mol. The van der Waals surface area contributed by atoms with Crippen LogP contribution in [-0.4, -0.2) is 32.2 Å². The average Bonchev–Trinajstić information content (AvgIpc) is 2.63. The number of hydrogen-bond acceptors (Lipinski definition) is 1. The molecule has 0 saturated carbocycles. The molecular weight excluding hydrogens is 292 g/mol. The molecule has 0 radical (unpaired) electrons. The topological polar surface area (TPSA) is 7.68 Å². The van der Waals surface area contributed by atoms with Gasteiger partial charge < -0.3 is 9.80 Å². The molecule has 1 atom stereocenters. The summed E-state index contributed by atoms with van der Waals surface area (Å²) in [5.41, 5.74) is 5.67. The molecule has 1 saturated heterocycles. The smallest absolute Gasteiger partial charge is 0.0951 e. The van der Waals surface area contributed by atoms with E-state index in [1.54, 1.807) is 4.90 Å². The van der Waals surface area contributed by atoms with Crippen LogP contribution in [0, 0.1) is 13.8 Å². The first kappa shape index (κ1) is 17.0. The number of quaternary nitrogens is 1. The van der Waals surface area contributed by atoms with Crippen molar-refractivity contribution in [2.75, 3.05) is 31.1 Å². The summed E-state index contributed by atoms with van der Waals surface area (Å²) >= 11 is 0. The molecule has 0 amide bonds. The molecule has 1 aliphatic rings. The maximum absolute atomic E-state index is 2.58. The molecule has 24 heavy (non-hydrogen) atoms. The first-order chi connectivity index (χ1) is 11.6. The van der Waals surface area contributed by atoms with Crippen LogP contribution in [0.1, 0.15) is 30.0 Å². The highest BCUT2D eigenvalue weighted by Gasteiger charge is 2.25. The van der Waals surface area contributed by atoms with Crippen molar-refractivity contribution in [3.63, 3.8) is 0 Å². The molecule has 2 aromatic carbocycles. The molecule has 1 N–H and O–H groups in total. The number of nitrogens with one attached hydrogen (secondary N) is 1. The van der Waals surface area contributed by atoms with E-state index in [0.29, 0.717) is 0 Å². The van der Waals surface area contributed by atoms with Crippen LogP contribution in [0.5, 0.6) is 0 Å². The second-order valence-corrected chi connectivity index (χ2v) is 7.36. The molecule has 0 unspecified atom stereocenters. The minimum Gasteiger partial charge on any atom is -0.360 e. The summed E-state index contributed by atoms with van der Waals surface area (Å²) in [6.45, 7) is 11.7. The third-order valence-electron chi connectivity index (χ3n) is 5.52. The van der Waals surface area contributed by atoms with Crippen molar-refractivity contribution in [2.45, 2.75) is 39.7 Å². The van der Waals surface area contributed by atoms with Crippen molar-refractivity contribution < 1.29 is 4.90 Å². The summed E-state index contributed by atoms with van der Waals surface area (Å²) in [6.07, 6.45) is 2.48. The van der Waals surface area contributed by atoms with Gasteiger partial charge in [0.2, 0.25) is 0 Å². The third kappa shape index (κ3) is 4.18. The predicted octanol–water partition coefficient (Wildman–Crippen LogP) is 3.03. The maximum atomic E-state index is 2.58. The van der Waals surface area contributed by atoms with Gasteiger partial charge in [-0.05, 0) is 49.9 Å². The Hall–Kier alpha value is -1.80. The summed E-state index contributed by atoms with van der Waals surface area (Å²) in [6, 6.07) is 18.5. The lowest BCUT2D eigenvalue weighted by Crippen LogP contribution is -3.18. The van der Waals surface area contributed by atoms with Gasteiger partial charge in [-0.25, -0.2) is 0 Å². The Kier molecular flexibility index (Phi) is 5.57. The summed E-state index contributed by atoms with van der Waals surface area (Å²) in [5.74, 6) is 0. The number of anilines is 1.